The van der Waals surface area contributed by atoms with Gasteiger partial charge in [0.25, 0.3) is 0 Å². The molecule has 1 aromatic heterocycles. The minimum absolute atomic E-state index is 0.0273. The Hall–Kier alpha value is -3.60. The Bertz CT molecular complexity index is 1300. The Balaban J connectivity index is 1.78. The van der Waals surface area contributed by atoms with Crippen LogP contribution in [0.25, 0.3) is 11.0 Å². The van der Waals surface area contributed by atoms with E-state index >= 15 is 0 Å². The molecule has 33 heavy (non-hydrogen) atoms. The first kappa shape index (κ1) is 22.6. The molecule has 0 saturated carbocycles. The standard InChI is InChI=1S/C28H32N4O/c1-4-27(33)30-18-24(17-22-13-9-20(2)10-14-22)32-26-8-6-5-7-25(26)31(28(32)29)19-23-15-11-21(3)12-16-23/h5-16,24,29H,4,17-19H2,1-3H3,(H,30,33). The molecule has 3 aromatic carbocycles. The van der Waals surface area contributed by atoms with E-state index in [0.717, 1.165) is 23.0 Å². The maximum absolute atomic E-state index is 12.1. The van der Waals surface area contributed by atoms with E-state index in [9.17, 15) is 4.79 Å². The topological polar surface area (TPSA) is 62.8 Å². The third-order valence-electron chi connectivity index (χ3n) is 6.19. The normalized spacial score (nSPS) is 12.1. The second-order valence-corrected chi connectivity index (χ2v) is 8.76. The molecule has 1 atom stereocenters. The summed E-state index contributed by atoms with van der Waals surface area (Å²) in [5, 5.41) is 12.2. The van der Waals surface area contributed by atoms with E-state index in [1.807, 2.05) is 19.1 Å². The van der Waals surface area contributed by atoms with Gasteiger partial charge in [-0.25, -0.2) is 0 Å². The van der Waals surface area contributed by atoms with Crippen LogP contribution in [0.1, 0.15) is 41.6 Å². The van der Waals surface area contributed by atoms with Gasteiger partial charge in [-0.15, -0.1) is 0 Å². The molecule has 0 saturated heterocycles. The van der Waals surface area contributed by atoms with Gasteiger partial charge < -0.3 is 14.5 Å². The van der Waals surface area contributed by atoms with Crippen LogP contribution in [0.4, 0.5) is 0 Å². The van der Waals surface area contributed by atoms with Crippen LogP contribution in [-0.2, 0) is 17.8 Å². The van der Waals surface area contributed by atoms with E-state index in [2.05, 4.69) is 89.0 Å². The Morgan fingerprint density at radius 1 is 0.879 bits per heavy atom. The van der Waals surface area contributed by atoms with Crippen molar-refractivity contribution in [2.45, 2.75) is 46.2 Å². The highest BCUT2D eigenvalue weighted by Crippen LogP contribution is 2.21. The molecule has 1 unspecified atom stereocenters. The molecular weight excluding hydrogens is 408 g/mol. The van der Waals surface area contributed by atoms with Gasteiger partial charge in [0.2, 0.25) is 11.5 Å². The van der Waals surface area contributed by atoms with Crippen LogP contribution in [0.15, 0.2) is 72.8 Å². The summed E-state index contributed by atoms with van der Waals surface area (Å²) in [6.07, 6.45) is 1.18. The fraction of sp³-hybridized carbons (Fsp3) is 0.286. The van der Waals surface area contributed by atoms with Crippen LogP contribution < -0.4 is 10.9 Å². The molecule has 0 bridgehead atoms. The molecule has 4 aromatic rings. The SMILES string of the molecule is CCC(=O)NCC(Cc1ccc(C)cc1)n1c(=N)n(Cc2ccc(C)cc2)c2ccccc21. The number of para-hydroxylation sites is 2. The fourth-order valence-electron chi connectivity index (χ4n) is 4.27. The lowest BCUT2D eigenvalue weighted by molar-refractivity contribution is -0.120. The molecule has 2 N–H and O–H groups in total. The molecule has 0 aliphatic rings. The predicted molar refractivity (Wildman–Crippen MR) is 133 cm³/mol. The summed E-state index contributed by atoms with van der Waals surface area (Å²) in [5.74, 6) is 0.0273. The zero-order valence-corrected chi connectivity index (χ0v) is 19.6. The zero-order valence-electron chi connectivity index (χ0n) is 19.6. The number of amides is 1. The van der Waals surface area contributed by atoms with E-state index in [1.54, 1.807) is 0 Å². The van der Waals surface area contributed by atoms with Gasteiger partial charge in [0.15, 0.2) is 0 Å². The lowest BCUT2D eigenvalue weighted by Crippen LogP contribution is -2.36. The van der Waals surface area contributed by atoms with Gasteiger partial charge in [-0.2, -0.15) is 0 Å². The maximum Gasteiger partial charge on any atom is 0.219 e. The highest BCUT2D eigenvalue weighted by Gasteiger charge is 2.20. The van der Waals surface area contributed by atoms with Gasteiger partial charge in [0.05, 0.1) is 23.6 Å². The molecule has 5 nitrogen and oxygen atoms in total. The van der Waals surface area contributed by atoms with Crippen molar-refractivity contribution in [3.05, 3.63) is 101 Å². The highest BCUT2D eigenvalue weighted by molar-refractivity contribution is 5.77. The van der Waals surface area contributed by atoms with Crippen molar-refractivity contribution in [3.63, 3.8) is 0 Å². The maximum atomic E-state index is 12.1. The minimum Gasteiger partial charge on any atom is -0.354 e. The van der Waals surface area contributed by atoms with Crippen molar-refractivity contribution in [1.82, 2.24) is 14.5 Å². The molecule has 1 amide bonds. The number of nitrogens with zero attached hydrogens (tertiary/aromatic N) is 2. The number of imidazole rings is 1. The summed E-state index contributed by atoms with van der Waals surface area (Å²) in [6.45, 7) is 7.14. The first-order valence-electron chi connectivity index (χ1n) is 11.6. The number of aryl methyl sites for hydroxylation is 2. The molecule has 0 aliphatic carbocycles. The average Bonchev–Trinajstić information content (AvgIpc) is 3.10. The number of carbonyl (C=O) groups excluding carboxylic acids is 1. The van der Waals surface area contributed by atoms with Gasteiger partial charge in [-0.1, -0.05) is 78.7 Å². The highest BCUT2D eigenvalue weighted by atomic mass is 16.1. The van der Waals surface area contributed by atoms with Gasteiger partial charge in [-0.3, -0.25) is 10.2 Å². The number of hydrogen-bond acceptors (Lipinski definition) is 2. The molecule has 170 valence electrons. The van der Waals surface area contributed by atoms with Crippen LogP contribution in [0.5, 0.6) is 0 Å². The number of aromatic nitrogens is 2. The summed E-state index contributed by atoms with van der Waals surface area (Å²) < 4.78 is 4.14. The van der Waals surface area contributed by atoms with E-state index < -0.39 is 0 Å². The molecule has 0 radical (unpaired) electrons. The number of nitrogens with one attached hydrogen (secondary N) is 2. The molecular formula is C28H32N4O. The number of fused-ring (bicyclic) bond motifs is 1. The van der Waals surface area contributed by atoms with Crippen LogP contribution in [0.2, 0.25) is 0 Å². The molecule has 1 heterocycles. The third-order valence-corrected chi connectivity index (χ3v) is 6.19. The Labute approximate surface area is 195 Å². The summed E-state index contributed by atoms with van der Waals surface area (Å²) in [7, 11) is 0. The lowest BCUT2D eigenvalue weighted by Gasteiger charge is -2.21. The summed E-state index contributed by atoms with van der Waals surface area (Å²) in [6, 6.07) is 25.1. The number of benzene rings is 3. The predicted octanol–water partition coefficient (Wildman–Crippen LogP) is 4.90. The minimum atomic E-state index is -0.0696. The largest absolute Gasteiger partial charge is 0.354 e. The summed E-state index contributed by atoms with van der Waals surface area (Å²) >= 11 is 0. The second-order valence-electron chi connectivity index (χ2n) is 8.76. The van der Waals surface area contributed by atoms with Gasteiger partial charge in [0.1, 0.15) is 0 Å². The smallest absolute Gasteiger partial charge is 0.219 e. The first-order valence-corrected chi connectivity index (χ1v) is 11.6. The van der Waals surface area contributed by atoms with Crippen LogP contribution >= 0.6 is 0 Å². The van der Waals surface area contributed by atoms with Crippen molar-refractivity contribution in [1.29, 1.82) is 5.41 Å². The monoisotopic (exact) mass is 440 g/mol. The van der Waals surface area contributed by atoms with E-state index in [0.29, 0.717) is 25.1 Å². The lowest BCUT2D eigenvalue weighted by atomic mass is 10.0. The second kappa shape index (κ2) is 9.90. The van der Waals surface area contributed by atoms with Crippen molar-refractivity contribution in [3.8, 4) is 0 Å². The van der Waals surface area contributed by atoms with E-state index in [4.69, 9.17) is 5.41 Å². The quantitative estimate of drug-likeness (QED) is 0.402. The Morgan fingerprint density at radius 3 is 2.06 bits per heavy atom. The van der Waals surface area contributed by atoms with Crippen molar-refractivity contribution < 1.29 is 4.79 Å². The molecule has 0 aliphatic heterocycles. The molecule has 4 rings (SSSR count). The number of hydrogen-bond donors (Lipinski definition) is 2. The van der Waals surface area contributed by atoms with Gasteiger partial charge in [0, 0.05) is 13.0 Å². The summed E-state index contributed by atoms with van der Waals surface area (Å²) in [5.41, 5.74) is 7.28. The average molecular weight is 441 g/mol. The first-order chi connectivity index (χ1) is 16.0. The summed E-state index contributed by atoms with van der Waals surface area (Å²) in [4.78, 5) is 12.1. The van der Waals surface area contributed by atoms with E-state index in [1.165, 1.54) is 16.7 Å². The zero-order chi connectivity index (χ0) is 23.4. The molecule has 0 spiro atoms. The Morgan fingerprint density at radius 2 is 1.45 bits per heavy atom. The van der Waals surface area contributed by atoms with Crippen LogP contribution in [0, 0.1) is 19.3 Å². The van der Waals surface area contributed by atoms with Gasteiger partial charge >= 0.3 is 0 Å². The fourth-order valence-corrected chi connectivity index (χ4v) is 4.27. The van der Waals surface area contributed by atoms with Crippen molar-refractivity contribution >= 4 is 16.9 Å². The van der Waals surface area contributed by atoms with Crippen molar-refractivity contribution in [2.75, 3.05) is 6.54 Å². The molecule has 5 heteroatoms. The van der Waals surface area contributed by atoms with Crippen molar-refractivity contribution in [2.24, 2.45) is 0 Å². The number of rotatable bonds is 8. The van der Waals surface area contributed by atoms with Crippen LogP contribution in [0.3, 0.4) is 0 Å². The van der Waals surface area contributed by atoms with Crippen LogP contribution in [-0.4, -0.2) is 21.6 Å². The number of carbonyl (C=O) groups is 1. The Kier molecular flexibility index (Phi) is 6.78. The van der Waals surface area contributed by atoms with E-state index in [-0.39, 0.29) is 11.9 Å². The van der Waals surface area contributed by atoms with Gasteiger partial charge in [-0.05, 0) is 43.5 Å². The molecule has 0 fully saturated rings. The third kappa shape index (κ3) is 5.08.